The molecule has 30 heavy (non-hydrogen) atoms. The number of hydrogen-bond donors (Lipinski definition) is 2. The third-order valence-electron chi connectivity index (χ3n) is 4.89. The van der Waals surface area contributed by atoms with Gasteiger partial charge in [0.25, 0.3) is 11.5 Å². The van der Waals surface area contributed by atoms with Crippen molar-refractivity contribution in [2.75, 3.05) is 17.2 Å². The smallest absolute Gasteiger partial charge is 0.330 e. The molecule has 0 aliphatic carbocycles. The number of carbonyl (C=O) groups excluding carboxylic acids is 1. The molecule has 158 valence electrons. The van der Waals surface area contributed by atoms with Gasteiger partial charge in [-0.2, -0.15) is 0 Å². The Balaban J connectivity index is 2.19. The van der Waals surface area contributed by atoms with E-state index in [1.807, 2.05) is 32.9 Å². The Morgan fingerprint density at radius 1 is 1.23 bits per heavy atom. The summed E-state index contributed by atoms with van der Waals surface area (Å²) >= 11 is 0. The number of nitrogens with zero attached hydrogens (tertiary/aromatic N) is 3. The van der Waals surface area contributed by atoms with Crippen LogP contribution >= 0.6 is 0 Å². The van der Waals surface area contributed by atoms with Crippen LogP contribution in [-0.4, -0.2) is 27.0 Å². The van der Waals surface area contributed by atoms with Crippen LogP contribution in [0.4, 0.5) is 11.5 Å². The maximum atomic E-state index is 13.6. The van der Waals surface area contributed by atoms with Crippen LogP contribution in [0, 0.1) is 5.92 Å². The maximum Gasteiger partial charge on any atom is 0.330 e. The van der Waals surface area contributed by atoms with Gasteiger partial charge in [-0.3, -0.25) is 24.1 Å². The number of nitrogen functional groups attached to an aromatic ring is 1. The number of hydrogen-bond acceptors (Lipinski definition) is 5. The normalized spacial score (nSPS) is 11.2. The lowest BCUT2D eigenvalue weighted by molar-refractivity contribution is 0.0987. The van der Waals surface area contributed by atoms with Gasteiger partial charge in [0.2, 0.25) is 0 Å². The van der Waals surface area contributed by atoms with E-state index in [1.54, 1.807) is 24.4 Å². The molecule has 3 rings (SSSR count). The standard InChI is InChI=1S/C22H27N5O3/c1-4-5-12-26(18-19(23)27(13-14(2)3)22(30)25-20(18)28)21(29)16-8-6-10-17-15(16)9-7-11-24-17/h6-11,14H,4-5,12-13,23H2,1-3H3,(H,25,28,30). The largest absolute Gasteiger partial charge is 0.383 e. The molecule has 0 bridgehead atoms. The van der Waals surface area contributed by atoms with Crippen LogP contribution in [0.3, 0.4) is 0 Å². The van der Waals surface area contributed by atoms with Gasteiger partial charge in [-0.25, -0.2) is 4.79 Å². The number of nitrogens with two attached hydrogens (primary N) is 1. The Labute approximate surface area is 174 Å². The fraction of sp³-hybridized carbons (Fsp3) is 0.364. The zero-order chi connectivity index (χ0) is 21.8. The lowest BCUT2D eigenvalue weighted by Gasteiger charge is -2.25. The van der Waals surface area contributed by atoms with E-state index in [0.29, 0.717) is 36.0 Å². The summed E-state index contributed by atoms with van der Waals surface area (Å²) in [6.45, 7) is 6.53. The number of nitrogens with one attached hydrogen (secondary N) is 1. The van der Waals surface area contributed by atoms with Gasteiger partial charge in [-0.1, -0.05) is 39.3 Å². The van der Waals surface area contributed by atoms with Crippen molar-refractivity contribution >= 4 is 28.3 Å². The van der Waals surface area contributed by atoms with Gasteiger partial charge < -0.3 is 10.6 Å². The van der Waals surface area contributed by atoms with Crippen molar-refractivity contribution in [1.29, 1.82) is 0 Å². The van der Waals surface area contributed by atoms with E-state index in [-0.39, 0.29) is 23.3 Å². The summed E-state index contributed by atoms with van der Waals surface area (Å²) in [6.07, 6.45) is 3.16. The SMILES string of the molecule is CCCCN(C(=O)c1cccc2ncccc12)c1c(N)n(CC(C)C)c(=O)[nH]c1=O. The lowest BCUT2D eigenvalue weighted by Crippen LogP contribution is -2.42. The molecule has 2 aromatic heterocycles. The fourth-order valence-electron chi connectivity index (χ4n) is 3.45. The summed E-state index contributed by atoms with van der Waals surface area (Å²) in [7, 11) is 0. The Bertz CT molecular complexity index is 1170. The number of fused-ring (bicyclic) bond motifs is 1. The van der Waals surface area contributed by atoms with Crippen molar-refractivity contribution in [2.45, 2.75) is 40.2 Å². The second-order valence-corrected chi connectivity index (χ2v) is 7.68. The number of rotatable bonds is 7. The van der Waals surface area contributed by atoms with Gasteiger partial charge in [0, 0.05) is 30.2 Å². The predicted molar refractivity (Wildman–Crippen MR) is 119 cm³/mol. The summed E-state index contributed by atoms with van der Waals surface area (Å²) < 4.78 is 1.32. The molecule has 0 spiro atoms. The molecule has 0 aliphatic heterocycles. The topological polar surface area (TPSA) is 114 Å². The van der Waals surface area contributed by atoms with Crippen LogP contribution in [0.5, 0.6) is 0 Å². The summed E-state index contributed by atoms with van der Waals surface area (Å²) in [6, 6.07) is 8.88. The van der Waals surface area contributed by atoms with Gasteiger partial charge >= 0.3 is 5.69 Å². The number of amides is 1. The van der Waals surface area contributed by atoms with Gasteiger partial charge in [0.15, 0.2) is 5.69 Å². The fourth-order valence-corrected chi connectivity index (χ4v) is 3.45. The second-order valence-electron chi connectivity index (χ2n) is 7.68. The van der Waals surface area contributed by atoms with E-state index in [2.05, 4.69) is 9.97 Å². The number of H-pyrrole nitrogens is 1. The Morgan fingerprint density at radius 3 is 2.70 bits per heavy atom. The van der Waals surface area contributed by atoms with Crippen molar-refractivity contribution < 1.29 is 4.79 Å². The van der Waals surface area contributed by atoms with E-state index >= 15 is 0 Å². The highest BCUT2D eigenvalue weighted by Gasteiger charge is 2.26. The minimum Gasteiger partial charge on any atom is -0.383 e. The van der Waals surface area contributed by atoms with E-state index in [4.69, 9.17) is 5.73 Å². The first-order chi connectivity index (χ1) is 14.3. The molecule has 2 heterocycles. The number of benzene rings is 1. The number of aromatic amines is 1. The zero-order valence-corrected chi connectivity index (χ0v) is 17.5. The highest BCUT2D eigenvalue weighted by molar-refractivity contribution is 6.14. The molecule has 8 nitrogen and oxygen atoms in total. The van der Waals surface area contributed by atoms with Gasteiger partial charge in [0.1, 0.15) is 5.82 Å². The third-order valence-corrected chi connectivity index (χ3v) is 4.89. The molecular formula is C22H27N5O3. The molecule has 0 fully saturated rings. The van der Waals surface area contributed by atoms with Crippen LogP contribution < -0.4 is 21.9 Å². The minimum atomic E-state index is -0.666. The Hall–Kier alpha value is -3.42. The molecule has 1 amide bonds. The minimum absolute atomic E-state index is 0.000245. The molecule has 3 aromatic rings. The zero-order valence-electron chi connectivity index (χ0n) is 17.5. The Morgan fingerprint density at radius 2 is 2.00 bits per heavy atom. The first-order valence-corrected chi connectivity index (χ1v) is 10.1. The molecule has 0 radical (unpaired) electrons. The van der Waals surface area contributed by atoms with Crippen molar-refractivity contribution in [2.24, 2.45) is 5.92 Å². The summed E-state index contributed by atoms with van der Waals surface area (Å²) in [5, 5.41) is 0.692. The molecule has 0 aliphatic rings. The van der Waals surface area contributed by atoms with Crippen molar-refractivity contribution in [3.8, 4) is 0 Å². The molecule has 0 saturated carbocycles. The van der Waals surface area contributed by atoms with Crippen molar-refractivity contribution in [3.05, 3.63) is 62.9 Å². The van der Waals surface area contributed by atoms with Gasteiger partial charge in [-0.05, 0) is 30.5 Å². The van der Waals surface area contributed by atoms with E-state index in [1.165, 1.54) is 9.47 Å². The molecule has 3 N–H and O–H groups in total. The van der Waals surface area contributed by atoms with E-state index < -0.39 is 11.2 Å². The lowest BCUT2D eigenvalue weighted by atomic mass is 10.1. The average molecular weight is 409 g/mol. The highest BCUT2D eigenvalue weighted by Crippen LogP contribution is 2.24. The van der Waals surface area contributed by atoms with Crippen molar-refractivity contribution in [1.82, 2.24) is 14.5 Å². The number of unbranched alkanes of at least 4 members (excludes halogenated alkanes) is 1. The molecular weight excluding hydrogens is 382 g/mol. The van der Waals surface area contributed by atoms with E-state index in [9.17, 15) is 14.4 Å². The van der Waals surface area contributed by atoms with Crippen LogP contribution in [0.25, 0.3) is 10.9 Å². The van der Waals surface area contributed by atoms with E-state index in [0.717, 1.165) is 6.42 Å². The maximum absolute atomic E-state index is 13.6. The first kappa shape index (κ1) is 21.3. The van der Waals surface area contributed by atoms with Gasteiger partial charge in [0.05, 0.1) is 5.52 Å². The monoisotopic (exact) mass is 409 g/mol. The predicted octanol–water partition coefficient (Wildman–Crippen LogP) is 2.77. The highest BCUT2D eigenvalue weighted by atomic mass is 16.2. The summed E-state index contributed by atoms with van der Waals surface area (Å²) in [5.74, 6) is -0.220. The molecule has 0 saturated heterocycles. The molecule has 0 atom stereocenters. The second kappa shape index (κ2) is 8.94. The van der Waals surface area contributed by atoms with Crippen LogP contribution in [0.1, 0.15) is 44.0 Å². The summed E-state index contributed by atoms with van der Waals surface area (Å²) in [5.41, 5.74) is 6.15. The summed E-state index contributed by atoms with van der Waals surface area (Å²) in [4.78, 5) is 46.7. The number of aromatic nitrogens is 3. The first-order valence-electron chi connectivity index (χ1n) is 10.1. The van der Waals surface area contributed by atoms with Gasteiger partial charge in [-0.15, -0.1) is 0 Å². The van der Waals surface area contributed by atoms with Crippen molar-refractivity contribution in [3.63, 3.8) is 0 Å². The molecule has 1 aromatic carbocycles. The number of pyridine rings is 1. The Kier molecular flexibility index (Phi) is 6.34. The van der Waals surface area contributed by atoms with Crippen LogP contribution in [-0.2, 0) is 6.54 Å². The molecule has 0 unspecified atom stereocenters. The number of anilines is 2. The third kappa shape index (κ3) is 4.12. The molecule has 8 heteroatoms. The number of carbonyl (C=O) groups is 1. The van der Waals surface area contributed by atoms with Crippen LogP contribution in [0.15, 0.2) is 46.1 Å². The quantitative estimate of drug-likeness (QED) is 0.623. The average Bonchev–Trinajstić information content (AvgIpc) is 2.72. The van der Waals surface area contributed by atoms with Crippen LogP contribution in [0.2, 0.25) is 0 Å².